The third kappa shape index (κ3) is 6.22. The zero-order valence-corrected chi connectivity index (χ0v) is 25.0. The molecule has 2 fully saturated rings. The Kier molecular flexibility index (Phi) is 7.66. The predicted octanol–water partition coefficient (Wildman–Crippen LogP) is 7.28. The molecule has 2 aliphatic heterocycles. The van der Waals surface area contributed by atoms with E-state index in [0.717, 1.165) is 72.7 Å². The summed E-state index contributed by atoms with van der Waals surface area (Å²) in [6.07, 6.45) is 0.635. The fraction of sp³-hybridized carbons (Fsp3) is 0.394. The third-order valence-corrected chi connectivity index (χ3v) is 9.24. The fourth-order valence-corrected chi connectivity index (χ4v) is 6.35. The Morgan fingerprint density at radius 2 is 1.89 bits per heavy atom. The lowest BCUT2D eigenvalue weighted by Crippen LogP contribution is -2.33. The number of para-hydroxylation sites is 1. The van der Waals surface area contributed by atoms with Crippen molar-refractivity contribution in [2.24, 2.45) is 5.41 Å². The Hall–Kier alpha value is -4.14. The summed E-state index contributed by atoms with van der Waals surface area (Å²) in [5.41, 5.74) is 3.79. The van der Waals surface area contributed by atoms with Crippen molar-refractivity contribution >= 4 is 11.6 Å². The van der Waals surface area contributed by atoms with Crippen LogP contribution in [0.15, 0.2) is 54.7 Å². The van der Waals surface area contributed by atoms with Crippen LogP contribution in [0.1, 0.15) is 65.9 Å². The summed E-state index contributed by atoms with van der Waals surface area (Å²) >= 11 is 6.05. The van der Waals surface area contributed by atoms with E-state index in [4.69, 9.17) is 21.1 Å². The number of nitrogens with one attached hydrogen (secondary N) is 1. The van der Waals surface area contributed by atoms with Gasteiger partial charge in [0.25, 0.3) is 0 Å². The number of pyridine rings is 1. The van der Waals surface area contributed by atoms with Gasteiger partial charge in [0.05, 0.1) is 17.2 Å². The van der Waals surface area contributed by atoms with Crippen molar-refractivity contribution in [1.29, 1.82) is 5.26 Å². The summed E-state index contributed by atoms with van der Waals surface area (Å²) < 4.78 is 51.9. The van der Waals surface area contributed by atoms with E-state index in [0.29, 0.717) is 36.1 Å². The average molecular weight is 635 g/mol. The normalized spacial score (nSPS) is 19.7. The Balaban J connectivity index is 1.04. The van der Waals surface area contributed by atoms with Crippen LogP contribution in [0.25, 0.3) is 11.4 Å². The van der Waals surface area contributed by atoms with E-state index in [2.05, 4.69) is 32.1 Å². The smallest absolute Gasteiger partial charge is 0.451 e. The van der Waals surface area contributed by atoms with Gasteiger partial charge in [0, 0.05) is 28.9 Å². The van der Waals surface area contributed by atoms with E-state index in [1.54, 1.807) is 6.07 Å². The van der Waals surface area contributed by atoms with Gasteiger partial charge in [-0.2, -0.15) is 23.5 Å². The Bertz CT molecular complexity index is 1740. The molecule has 0 bridgehead atoms. The van der Waals surface area contributed by atoms with E-state index in [-0.39, 0.29) is 11.9 Å². The number of H-pyrrole nitrogens is 1. The molecule has 3 aliphatic rings. The van der Waals surface area contributed by atoms with Gasteiger partial charge in [0.2, 0.25) is 5.82 Å². The minimum Gasteiger partial charge on any atom is -0.485 e. The quantitative estimate of drug-likeness (QED) is 0.228. The summed E-state index contributed by atoms with van der Waals surface area (Å²) in [5.74, 6) is 0.647. The maximum Gasteiger partial charge on any atom is 0.451 e. The lowest BCUT2D eigenvalue weighted by Gasteiger charge is -2.35. The van der Waals surface area contributed by atoms with E-state index in [9.17, 15) is 18.4 Å². The zero-order valence-electron chi connectivity index (χ0n) is 24.3. The van der Waals surface area contributed by atoms with Gasteiger partial charge >= 0.3 is 6.18 Å². The largest absolute Gasteiger partial charge is 0.485 e. The molecular formula is C33H30ClF3N6O2. The van der Waals surface area contributed by atoms with Crippen molar-refractivity contribution in [2.75, 3.05) is 19.7 Å². The van der Waals surface area contributed by atoms with Crippen molar-refractivity contribution in [3.8, 4) is 29.0 Å². The number of nitriles is 1. The van der Waals surface area contributed by atoms with Gasteiger partial charge in [0.15, 0.2) is 23.4 Å². The zero-order chi connectivity index (χ0) is 31.2. The number of likely N-dealkylation sites (tertiary alicyclic amines) is 1. The highest BCUT2D eigenvalue weighted by molar-refractivity contribution is 6.30. The number of fused-ring (bicyclic) bond motifs is 1. The highest BCUT2D eigenvalue weighted by Crippen LogP contribution is 2.48. The van der Waals surface area contributed by atoms with Crippen LogP contribution >= 0.6 is 11.6 Å². The van der Waals surface area contributed by atoms with E-state index in [1.165, 1.54) is 6.20 Å². The minimum atomic E-state index is -4.62. The number of aromatic nitrogens is 4. The second-order valence-corrected chi connectivity index (χ2v) is 12.5. The molecule has 2 aromatic carbocycles. The number of rotatable bonds is 7. The third-order valence-electron chi connectivity index (χ3n) is 8.99. The highest BCUT2D eigenvalue weighted by atomic mass is 35.5. The molecule has 1 aliphatic carbocycles. The second kappa shape index (κ2) is 11.7. The molecule has 232 valence electrons. The number of halogens is 4. The van der Waals surface area contributed by atoms with Crippen LogP contribution in [0.3, 0.4) is 0 Å². The number of hydrogen-bond acceptors (Lipinski definition) is 7. The standard InChI is InChI=1S/C33H30ClF3N6O2/c34-24-6-4-21(5-7-24)28-18-44-29-25(2-1-3-27(29)45-28)20-8-12-43(13-9-20)17-26-22(15-32(19-38)10-11-32)14-23(16-39-26)30-40-31(42-41-30)33(35,36)37/h1-7,14,16,20,28H,8-13,15,17-18H2,(H,40,41,42)/t28-/m1/s1. The first kappa shape index (κ1) is 29.6. The molecule has 0 radical (unpaired) electrons. The van der Waals surface area contributed by atoms with E-state index in [1.807, 2.05) is 41.5 Å². The number of ether oxygens (including phenoxy) is 2. The molecule has 4 heterocycles. The van der Waals surface area contributed by atoms with Crippen molar-refractivity contribution in [1.82, 2.24) is 25.1 Å². The SMILES string of the molecule is N#CC1(Cc2cc(-c3n[nH]c(C(F)(F)F)n3)cnc2CN2CCC(c3cccc4c3OC[C@H](c3ccc(Cl)cc3)O4)CC2)CC1. The lowest BCUT2D eigenvalue weighted by atomic mass is 9.88. The van der Waals surface area contributed by atoms with Gasteiger partial charge in [-0.1, -0.05) is 35.9 Å². The number of aromatic amines is 1. The highest BCUT2D eigenvalue weighted by Gasteiger charge is 2.44. The molecule has 12 heteroatoms. The van der Waals surface area contributed by atoms with Crippen LogP contribution in [0.5, 0.6) is 11.5 Å². The molecule has 2 aromatic heterocycles. The molecule has 0 amide bonds. The Morgan fingerprint density at radius 3 is 2.58 bits per heavy atom. The molecule has 1 N–H and O–H groups in total. The van der Waals surface area contributed by atoms with Crippen molar-refractivity contribution in [3.05, 3.63) is 88.0 Å². The molecule has 0 unspecified atom stereocenters. The van der Waals surface area contributed by atoms with Crippen LogP contribution in [-0.2, 0) is 19.1 Å². The first-order valence-corrected chi connectivity index (χ1v) is 15.4. The number of nitrogens with zero attached hydrogens (tertiary/aromatic N) is 5. The summed E-state index contributed by atoms with van der Waals surface area (Å²) in [6, 6.07) is 17.9. The van der Waals surface area contributed by atoms with Crippen molar-refractivity contribution in [2.45, 2.75) is 56.8 Å². The molecule has 1 saturated carbocycles. The molecule has 8 nitrogen and oxygen atoms in total. The van der Waals surface area contributed by atoms with E-state index < -0.39 is 17.4 Å². The van der Waals surface area contributed by atoms with Gasteiger partial charge in [0.1, 0.15) is 6.61 Å². The summed E-state index contributed by atoms with van der Waals surface area (Å²) in [4.78, 5) is 10.6. The number of piperidine rings is 1. The molecule has 45 heavy (non-hydrogen) atoms. The average Bonchev–Trinajstić information content (AvgIpc) is 3.62. The summed E-state index contributed by atoms with van der Waals surface area (Å²) in [7, 11) is 0. The second-order valence-electron chi connectivity index (χ2n) is 12.1. The summed E-state index contributed by atoms with van der Waals surface area (Å²) in [6.45, 7) is 2.68. The Morgan fingerprint density at radius 1 is 1.11 bits per heavy atom. The molecule has 7 rings (SSSR count). The molecule has 1 atom stereocenters. The first-order chi connectivity index (χ1) is 21.7. The molecular weight excluding hydrogens is 605 g/mol. The van der Waals surface area contributed by atoms with Crippen LogP contribution in [0.4, 0.5) is 13.2 Å². The van der Waals surface area contributed by atoms with Gasteiger partial charge in [-0.25, -0.2) is 4.98 Å². The fourth-order valence-electron chi connectivity index (χ4n) is 6.22. The van der Waals surface area contributed by atoms with Crippen LogP contribution < -0.4 is 9.47 Å². The maximum absolute atomic E-state index is 13.1. The van der Waals surface area contributed by atoms with Gasteiger partial charge in [-0.15, -0.1) is 0 Å². The van der Waals surface area contributed by atoms with Crippen molar-refractivity contribution < 1.29 is 22.6 Å². The monoisotopic (exact) mass is 634 g/mol. The number of benzene rings is 2. The number of hydrogen-bond donors (Lipinski definition) is 1. The van der Waals surface area contributed by atoms with Gasteiger partial charge in [-0.05, 0) is 86.5 Å². The predicted molar refractivity (Wildman–Crippen MR) is 160 cm³/mol. The van der Waals surface area contributed by atoms with Crippen LogP contribution in [-0.4, -0.2) is 44.8 Å². The topological polar surface area (TPSA) is 100.0 Å². The van der Waals surface area contributed by atoms with Crippen LogP contribution in [0, 0.1) is 16.7 Å². The van der Waals surface area contributed by atoms with Gasteiger partial charge in [-0.3, -0.25) is 15.0 Å². The summed E-state index contributed by atoms with van der Waals surface area (Å²) in [5, 5.41) is 16.2. The van der Waals surface area contributed by atoms with Gasteiger partial charge < -0.3 is 9.47 Å². The van der Waals surface area contributed by atoms with Crippen LogP contribution in [0.2, 0.25) is 5.02 Å². The maximum atomic E-state index is 13.1. The molecule has 4 aromatic rings. The van der Waals surface area contributed by atoms with Crippen molar-refractivity contribution in [3.63, 3.8) is 0 Å². The lowest BCUT2D eigenvalue weighted by molar-refractivity contribution is -0.144. The minimum absolute atomic E-state index is 0.0675. The first-order valence-electron chi connectivity index (χ1n) is 15.0. The number of alkyl halides is 3. The Labute approximate surface area is 263 Å². The molecule has 1 saturated heterocycles. The molecule has 0 spiro atoms. The van der Waals surface area contributed by atoms with E-state index >= 15 is 0 Å².